The highest BCUT2D eigenvalue weighted by Gasteiger charge is 2.23. The summed E-state index contributed by atoms with van der Waals surface area (Å²) >= 11 is 0. The monoisotopic (exact) mass is 266 g/mol. The molecule has 0 bridgehead atoms. The van der Waals surface area contributed by atoms with Crippen LogP contribution in [0, 0.1) is 5.92 Å². The maximum absolute atomic E-state index is 11.6. The Morgan fingerprint density at radius 1 is 1.35 bits per heavy atom. The average molecular weight is 266 g/mol. The van der Waals surface area contributed by atoms with Crippen molar-refractivity contribution in [2.75, 3.05) is 6.54 Å². The van der Waals surface area contributed by atoms with Crippen LogP contribution in [0.15, 0.2) is 0 Å². The Morgan fingerprint density at radius 2 is 1.88 bits per heavy atom. The van der Waals surface area contributed by atoms with E-state index in [4.69, 9.17) is 5.11 Å². The minimum absolute atomic E-state index is 0.0887. The van der Waals surface area contributed by atoms with Gasteiger partial charge in [0.15, 0.2) is 0 Å². The summed E-state index contributed by atoms with van der Waals surface area (Å²) in [5.74, 6) is -1.66. The summed E-state index contributed by atoms with van der Waals surface area (Å²) in [5, 5.41) is 8.88. The number of carboxylic acid groups (broad SMARTS) is 1. The molecule has 0 aliphatic carbocycles. The Labute approximate surface area is 103 Å². The lowest BCUT2D eigenvalue weighted by Gasteiger charge is -2.21. The van der Waals surface area contributed by atoms with Gasteiger partial charge in [0, 0.05) is 12.1 Å². The van der Waals surface area contributed by atoms with Crippen LogP contribution in [-0.2, 0) is 15.0 Å². The average Bonchev–Trinajstić information content (AvgIpc) is 2.07. The predicted molar refractivity (Wildman–Crippen MR) is 65.8 cm³/mol. The second kappa shape index (κ2) is 6.32. The number of hydrogen-bond acceptors (Lipinski definition) is 3. The lowest BCUT2D eigenvalue weighted by Crippen LogP contribution is -2.48. The molecule has 1 atom stereocenters. The maximum Gasteiger partial charge on any atom is 0.307 e. The molecule has 0 fully saturated rings. The highest BCUT2D eigenvalue weighted by Crippen LogP contribution is 2.06. The Morgan fingerprint density at radius 3 is 2.24 bits per heavy atom. The SMILES string of the molecule is CCCC(CNS(=O)(=O)NC(C)(C)C)C(=O)O. The van der Waals surface area contributed by atoms with Gasteiger partial charge in [0.05, 0.1) is 5.92 Å². The van der Waals surface area contributed by atoms with Crippen molar-refractivity contribution < 1.29 is 18.3 Å². The van der Waals surface area contributed by atoms with E-state index in [0.29, 0.717) is 12.8 Å². The van der Waals surface area contributed by atoms with Gasteiger partial charge in [0.2, 0.25) is 0 Å². The van der Waals surface area contributed by atoms with E-state index in [9.17, 15) is 13.2 Å². The standard InChI is InChI=1S/C10H22N2O4S/c1-5-6-8(9(13)14)7-11-17(15,16)12-10(2,3)4/h8,11-12H,5-7H2,1-4H3,(H,13,14). The first-order valence-corrected chi connectivity index (χ1v) is 7.07. The number of aliphatic carboxylic acids is 1. The fraction of sp³-hybridized carbons (Fsp3) is 0.900. The van der Waals surface area contributed by atoms with Crippen LogP contribution < -0.4 is 9.44 Å². The molecule has 1 unspecified atom stereocenters. The minimum atomic E-state index is -3.65. The summed E-state index contributed by atoms with van der Waals surface area (Å²) in [6, 6.07) is 0. The van der Waals surface area contributed by atoms with Crippen LogP contribution in [-0.4, -0.2) is 31.6 Å². The van der Waals surface area contributed by atoms with Crippen molar-refractivity contribution >= 4 is 16.2 Å². The largest absolute Gasteiger partial charge is 0.481 e. The number of nitrogens with one attached hydrogen (secondary N) is 2. The van der Waals surface area contributed by atoms with E-state index in [1.54, 1.807) is 20.8 Å². The lowest BCUT2D eigenvalue weighted by atomic mass is 10.1. The molecular formula is C10H22N2O4S. The van der Waals surface area contributed by atoms with Crippen molar-refractivity contribution in [1.29, 1.82) is 0 Å². The van der Waals surface area contributed by atoms with E-state index in [0.717, 1.165) is 0 Å². The van der Waals surface area contributed by atoms with Gasteiger partial charge >= 0.3 is 5.97 Å². The molecule has 0 aliphatic rings. The summed E-state index contributed by atoms with van der Waals surface area (Å²) < 4.78 is 27.8. The molecule has 0 saturated carbocycles. The van der Waals surface area contributed by atoms with Crippen LogP contribution in [0.1, 0.15) is 40.5 Å². The van der Waals surface area contributed by atoms with Crippen LogP contribution in [0.5, 0.6) is 0 Å². The Kier molecular flexibility index (Phi) is 6.08. The smallest absolute Gasteiger partial charge is 0.307 e. The van der Waals surface area contributed by atoms with Crippen molar-refractivity contribution in [1.82, 2.24) is 9.44 Å². The fourth-order valence-electron chi connectivity index (χ4n) is 1.31. The van der Waals surface area contributed by atoms with Crippen molar-refractivity contribution in [3.05, 3.63) is 0 Å². The Balaban J connectivity index is 4.39. The summed E-state index contributed by atoms with van der Waals surface area (Å²) in [6.45, 7) is 6.92. The molecule has 0 amide bonds. The Hall–Kier alpha value is -0.660. The normalized spacial score (nSPS) is 14.6. The van der Waals surface area contributed by atoms with Gasteiger partial charge in [-0.25, -0.2) is 4.72 Å². The highest BCUT2D eigenvalue weighted by molar-refractivity contribution is 7.87. The number of carbonyl (C=O) groups is 1. The van der Waals surface area contributed by atoms with Gasteiger partial charge in [0.25, 0.3) is 10.2 Å². The molecule has 7 heteroatoms. The number of hydrogen-bond donors (Lipinski definition) is 3. The van der Waals surface area contributed by atoms with Crippen LogP contribution in [0.4, 0.5) is 0 Å². The quantitative estimate of drug-likeness (QED) is 0.632. The van der Waals surface area contributed by atoms with Gasteiger partial charge in [-0.3, -0.25) is 4.79 Å². The van der Waals surface area contributed by atoms with Crippen LogP contribution in [0.3, 0.4) is 0 Å². The first-order chi connectivity index (χ1) is 7.57. The summed E-state index contributed by atoms with van der Waals surface area (Å²) in [4.78, 5) is 10.8. The molecule has 0 rings (SSSR count). The number of rotatable bonds is 7. The highest BCUT2D eigenvalue weighted by atomic mass is 32.2. The third-order valence-corrected chi connectivity index (χ3v) is 3.37. The van der Waals surface area contributed by atoms with Crippen LogP contribution >= 0.6 is 0 Å². The van der Waals surface area contributed by atoms with E-state index in [2.05, 4.69) is 9.44 Å². The zero-order valence-corrected chi connectivity index (χ0v) is 11.6. The van der Waals surface area contributed by atoms with E-state index >= 15 is 0 Å². The number of carboxylic acids is 1. The van der Waals surface area contributed by atoms with Gasteiger partial charge in [-0.15, -0.1) is 0 Å². The van der Waals surface area contributed by atoms with Gasteiger partial charge < -0.3 is 5.11 Å². The van der Waals surface area contributed by atoms with Crippen LogP contribution in [0.2, 0.25) is 0 Å². The molecule has 102 valence electrons. The maximum atomic E-state index is 11.6. The van der Waals surface area contributed by atoms with Gasteiger partial charge in [0.1, 0.15) is 0 Å². The van der Waals surface area contributed by atoms with E-state index in [-0.39, 0.29) is 6.54 Å². The van der Waals surface area contributed by atoms with Crippen molar-refractivity contribution in [3.8, 4) is 0 Å². The topological polar surface area (TPSA) is 95.5 Å². The molecule has 0 aromatic heterocycles. The second-order valence-electron chi connectivity index (χ2n) is 5.03. The van der Waals surface area contributed by atoms with Gasteiger partial charge in [-0.05, 0) is 27.2 Å². The van der Waals surface area contributed by atoms with E-state index in [1.807, 2.05) is 6.92 Å². The molecule has 0 aromatic carbocycles. The summed E-state index contributed by atoms with van der Waals surface area (Å²) in [5.41, 5.74) is -0.588. The first-order valence-electron chi connectivity index (χ1n) is 5.59. The summed E-state index contributed by atoms with van der Waals surface area (Å²) in [6.07, 6.45) is 1.15. The predicted octanol–water partition coefficient (Wildman–Crippen LogP) is 0.710. The Bertz CT molecular complexity index is 346. The fourth-order valence-corrected chi connectivity index (χ4v) is 2.61. The minimum Gasteiger partial charge on any atom is -0.481 e. The zero-order chi connectivity index (χ0) is 13.7. The zero-order valence-electron chi connectivity index (χ0n) is 10.8. The lowest BCUT2D eigenvalue weighted by molar-refractivity contribution is -0.141. The van der Waals surface area contributed by atoms with Crippen molar-refractivity contribution in [2.24, 2.45) is 5.92 Å². The van der Waals surface area contributed by atoms with Crippen molar-refractivity contribution in [2.45, 2.75) is 46.1 Å². The molecule has 0 aliphatic heterocycles. The second-order valence-corrected chi connectivity index (χ2v) is 6.53. The molecule has 0 spiro atoms. The van der Waals surface area contributed by atoms with Gasteiger partial charge in [-0.1, -0.05) is 13.3 Å². The van der Waals surface area contributed by atoms with Crippen LogP contribution in [0.25, 0.3) is 0 Å². The molecule has 0 aromatic rings. The molecule has 6 nitrogen and oxygen atoms in total. The molecule has 0 saturated heterocycles. The van der Waals surface area contributed by atoms with E-state index in [1.165, 1.54) is 0 Å². The molecule has 0 radical (unpaired) electrons. The first kappa shape index (κ1) is 16.3. The molecule has 17 heavy (non-hydrogen) atoms. The molecule has 3 N–H and O–H groups in total. The molecule has 0 heterocycles. The third-order valence-electron chi connectivity index (χ3n) is 1.95. The van der Waals surface area contributed by atoms with E-state index < -0.39 is 27.6 Å². The third kappa shape index (κ3) is 8.12. The molecular weight excluding hydrogens is 244 g/mol. The summed E-state index contributed by atoms with van der Waals surface area (Å²) in [7, 11) is -3.65. The van der Waals surface area contributed by atoms with Crippen molar-refractivity contribution in [3.63, 3.8) is 0 Å². The van der Waals surface area contributed by atoms with Gasteiger partial charge in [-0.2, -0.15) is 13.1 Å².